The maximum atomic E-state index is 12.7. The lowest BCUT2D eigenvalue weighted by Crippen LogP contribution is -2.62. The Kier molecular flexibility index (Phi) is 8.95. The molecule has 1 saturated heterocycles. The number of aliphatic hydroxyl groups excluding tert-OH is 3. The number of amides is 3. The van der Waals surface area contributed by atoms with Crippen LogP contribution in [0.4, 0.5) is 0 Å². The molecule has 1 fully saturated rings. The van der Waals surface area contributed by atoms with Gasteiger partial charge in [0.1, 0.15) is 24.2 Å². The van der Waals surface area contributed by atoms with Gasteiger partial charge in [-0.1, -0.05) is 0 Å². The van der Waals surface area contributed by atoms with Gasteiger partial charge in [0.05, 0.1) is 18.3 Å². The van der Waals surface area contributed by atoms with E-state index in [-0.39, 0.29) is 13.0 Å². The topological polar surface area (TPSA) is 203 Å². The molecule has 29 heavy (non-hydrogen) atoms. The predicted molar refractivity (Wildman–Crippen MR) is 99.3 cm³/mol. The molecule has 3 amide bonds. The summed E-state index contributed by atoms with van der Waals surface area (Å²) in [5, 5.41) is 42.9. The van der Waals surface area contributed by atoms with E-state index in [0.29, 0.717) is 6.42 Å². The van der Waals surface area contributed by atoms with E-state index in [1.807, 2.05) is 0 Å². The monoisotopic (exact) mass is 418 g/mol. The van der Waals surface area contributed by atoms with Gasteiger partial charge in [-0.05, 0) is 33.6 Å². The number of nitrogens with zero attached hydrogens (tertiary/aromatic N) is 1. The summed E-state index contributed by atoms with van der Waals surface area (Å²) in [6.45, 7) is 3.90. The number of carbonyl (C=O) groups excluding carboxylic acids is 3. The highest BCUT2D eigenvalue weighted by Crippen LogP contribution is 2.19. The van der Waals surface area contributed by atoms with E-state index in [4.69, 9.17) is 5.73 Å². The molecule has 0 aromatic rings. The molecule has 8 N–H and O–H groups in total. The van der Waals surface area contributed by atoms with Gasteiger partial charge in [0.2, 0.25) is 17.7 Å². The van der Waals surface area contributed by atoms with Crippen molar-refractivity contribution >= 4 is 23.7 Å². The van der Waals surface area contributed by atoms with Gasteiger partial charge >= 0.3 is 5.97 Å². The predicted octanol–water partition coefficient (Wildman–Crippen LogP) is -3.50. The molecule has 0 saturated carbocycles. The number of nitrogens with one attached hydrogen (secondary N) is 2. The van der Waals surface area contributed by atoms with Crippen LogP contribution < -0.4 is 16.4 Å². The Bertz CT molecular complexity index is 625. The number of carbonyl (C=O) groups is 4. The Labute approximate surface area is 168 Å². The van der Waals surface area contributed by atoms with Gasteiger partial charge in [-0.15, -0.1) is 0 Å². The summed E-state index contributed by atoms with van der Waals surface area (Å²) in [5.74, 6) is -3.84. The second kappa shape index (κ2) is 10.5. The molecule has 0 spiro atoms. The summed E-state index contributed by atoms with van der Waals surface area (Å²) in [5.41, 5.74) is 5.50. The van der Waals surface area contributed by atoms with E-state index >= 15 is 0 Å². The maximum Gasteiger partial charge on any atom is 0.326 e. The number of likely N-dealkylation sites (tertiary alicyclic amines) is 1. The molecule has 1 rings (SSSR count). The van der Waals surface area contributed by atoms with Crippen LogP contribution in [-0.4, -0.2) is 98.0 Å². The molecule has 12 nitrogen and oxygen atoms in total. The molecule has 0 aliphatic carbocycles. The average molecular weight is 418 g/mol. The van der Waals surface area contributed by atoms with Crippen molar-refractivity contribution in [1.29, 1.82) is 0 Å². The molecule has 7 atom stereocenters. The van der Waals surface area contributed by atoms with Crippen molar-refractivity contribution in [2.45, 2.75) is 76.1 Å². The molecule has 1 aliphatic rings. The number of nitrogens with two attached hydrogens (primary N) is 1. The fourth-order valence-corrected chi connectivity index (χ4v) is 2.97. The molecule has 0 aromatic carbocycles. The SMILES string of the molecule is CC(O)C(N)C(=O)NC(C(=O)NC(C(=O)N1CCCC1C(=O)O)C(C)O)C(C)O. The van der Waals surface area contributed by atoms with Crippen LogP contribution in [0.25, 0.3) is 0 Å². The number of hydrogen-bond acceptors (Lipinski definition) is 8. The van der Waals surface area contributed by atoms with Crippen molar-refractivity contribution in [3.05, 3.63) is 0 Å². The lowest BCUT2D eigenvalue weighted by atomic mass is 10.1. The van der Waals surface area contributed by atoms with Crippen molar-refractivity contribution in [2.24, 2.45) is 5.73 Å². The van der Waals surface area contributed by atoms with Gasteiger partial charge < -0.3 is 41.7 Å². The molecular formula is C17H30N4O8. The number of carboxylic acid groups (broad SMARTS) is 1. The van der Waals surface area contributed by atoms with Gasteiger partial charge in [0.15, 0.2) is 0 Å². The third kappa shape index (κ3) is 6.35. The van der Waals surface area contributed by atoms with E-state index in [2.05, 4.69) is 10.6 Å². The number of hydrogen-bond donors (Lipinski definition) is 7. The third-order valence-electron chi connectivity index (χ3n) is 4.75. The summed E-state index contributed by atoms with van der Waals surface area (Å²) in [7, 11) is 0. The highest BCUT2D eigenvalue weighted by molar-refractivity contribution is 5.94. The van der Waals surface area contributed by atoms with Crippen molar-refractivity contribution in [3.63, 3.8) is 0 Å². The second-order valence-corrected chi connectivity index (χ2v) is 7.25. The number of aliphatic hydroxyl groups is 3. The molecule has 0 radical (unpaired) electrons. The van der Waals surface area contributed by atoms with Gasteiger partial charge in [-0.3, -0.25) is 14.4 Å². The largest absolute Gasteiger partial charge is 0.480 e. The van der Waals surface area contributed by atoms with Crippen LogP contribution in [0.15, 0.2) is 0 Å². The van der Waals surface area contributed by atoms with Gasteiger partial charge in [0.25, 0.3) is 0 Å². The first-order valence-corrected chi connectivity index (χ1v) is 9.32. The minimum Gasteiger partial charge on any atom is -0.480 e. The zero-order valence-electron chi connectivity index (χ0n) is 16.6. The van der Waals surface area contributed by atoms with Gasteiger partial charge in [-0.25, -0.2) is 4.79 Å². The Morgan fingerprint density at radius 2 is 1.45 bits per heavy atom. The van der Waals surface area contributed by atoms with Crippen molar-refractivity contribution < 1.29 is 39.6 Å². The number of aliphatic carboxylic acids is 1. The third-order valence-corrected chi connectivity index (χ3v) is 4.75. The Hall–Kier alpha value is -2.28. The zero-order valence-corrected chi connectivity index (χ0v) is 16.6. The highest BCUT2D eigenvalue weighted by Gasteiger charge is 2.40. The molecule has 1 heterocycles. The molecule has 0 aromatic heterocycles. The minimum absolute atomic E-state index is 0.161. The Morgan fingerprint density at radius 1 is 0.931 bits per heavy atom. The lowest BCUT2D eigenvalue weighted by Gasteiger charge is -2.30. The molecule has 0 bridgehead atoms. The highest BCUT2D eigenvalue weighted by atomic mass is 16.4. The smallest absolute Gasteiger partial charge is 0.326 e. The van der Waals surface area contributed by atoms with E-state index in [0.717, 1.165) is 4.90 Å². The van der Waals surface area contributed by atoms with Gasteiger partial charge in [-0.2, -0.15) is 0 Å². The van der Waals surface area contributed by atoms with Crippen molar-refractivity contribution in [1.82, 2.24) is 15.5 Å². The fraction of sp³-hybridized carbons (Fsp3) is 0.765. The van der Waals surface area contributed by atoms with Crippen molar-refractivity contribution in [2.75, 3.05) is 6.54 Å². The van der Waals surface area contributed by atoms with Crippen LogP contribution in [0.1, 0.15) is 33.6 Å². The summed E-state index contributed by atoms with van der Waals surface area (Å²) in [4.78, 5) is 49.7. The fourth-order valence-electron chi connectivity index (χ4n) is 2.97. The van der Waals surface area contributed by atoms with Crippen LogP contribution in [0.3, 0.4) is 0 Å². The normalized spacial score (nSPS) is 22.7. The molecule has 166 valence electrons. The Morgan fingerprint density at radius 3 is 1.90 bits per heavy atom. The zero-order chi connectivity index (χ0) is 22.5. The summed E-state index contributed by atoms with van der Waals surface area (Å²) < 4.78 is 0. The minimum atomic E-state index is -1.52. The Balaban J connectivity index is 2.95. The number of carboxylic acids is 1. The van der Waals surface area contributed by atoms with Crippen LogP contribution in [0, 0.1) is 0 Å². The van der Waals surface area contributed by atoms with Crippen LogP contribution in [-0.2, 0) is 19.2 Å². The first-order chi connectivity index (χ1) is 13.4. The van der Waals surface area contributed by atoms with Gasteiger partial charge in [0, 0.05) is 6.54 Å². The van der Waals surface area contributed by atoms with E-state index < -0.39 is 66.2 Å². The lowest BCUT2D eigenvalue weighted by molar-refractivity contribution is -0.151. The first kappa shape index (κ1) is 24.8. The van der Waals surface area contributed by atoms with Crippen LogP contribution in [0.2, 0.25) is 0 Å². The molecule has 1 aliphatic heterocycles. The molecule has 7 unspecified atom stereocenters. The van der Waals surface area contributed by atoms with Crippen LogP contribution >= 0.6 is 0 Å². The van der Waals surface area contributed by atoms with E-state index in [1.54, 1.807) is 0 Å². The standard InChI is InChI=1S/C17H30N4O8/c1-7(22)11(18)14(25)19-12(8(2)23)15(26)20-13(9(3)24)16(27)21-6-4-5-10(21)17(28)29/h7-13,22-24H,4-6,18H2,1-3H3,(H,19,25)(H,20,26)(H,28,29). The summed E-state index contributed by atoms with van der Waals surface area (Å²) >= 11 is 0. The van der Waals surface area contributed by atoms with Crippen LogP contribution in [0.5, 0.6) is 0 Å². The summed E-state index contributed by atoms with van der Waals surface area (Å²) in [6, 6.07) is -5.41. The number of rotatable bonds is 9. The molecular weight excluding hydrogens is 388 g/mol. The van der Waals surface area contributed by atoms with E-state index in [1.165, 1.54) is 20.8 Å². The molecule has 12 heteroatoms. The van der Waals surface area contributed by atoms with Crippen molar-refractivity contribution in [3.8, 4) is 0 Å². The first-order valence-electron chi connectivity index (χ1n) is 9.32. The maximum absolute atomic E-state index is 12.7. The van der Waals surface area contributed by atoms with E-state index in [9.17, 15) is 39.6 Å². The average Bonchev–Trinajstić information content (AvgIpc) is 3.11. The summed E-state index contributed by atoms with van der Waals surface area (Å²) in [6.07, 6.45) is -3.24. The second-order valence-electron chi connectivity index (χ2n) is 7.25. The quantitative estimate of drug-likeness (QED) is 0.198.